The molecule has 1 heterocycles. The molecule has 3 N–H and O–H groups in total. The summed E-state index contributed by atoms with van der Waals surface area (Å²) in [5.74, 6) is 1.84. The number of anilines is 1. The van der Waals surface area contributed by atoms with Gasteiger partial charge in [-0.05, 0) is 66.8 Å². The van der Waals surface area contributed by atoms with Gasteiger partial charge in [0.15, 0.2) is 11.5 Å². The van der Waals surface area contributed by atoms with Gasteiger partial charge in [0.25, 0.3) is 0 Å². The fourth-order valence-electron chi connectivity index (χ4n) is 6.00. The largest absolute Gasteiger partial charge is 0.493 e. The highest BCUT2D eigenvalue weighted by Crippen LogP contribution is 2.50. The second kappa shape index (κ2) is 13.3. The highest BCUT2D eigenvalue weighted by atomic mass is 16.5. The Hall–Kier alpha value is -5.06. The van der Waals surface area contributed by atoms with Crippen LogP contribution in [0.25, 0.3) is 22.2 Å². The summed E-state index contributed by atoms with van der Waals surface area (Å²) < 4.78 is 19.1. The Morgan fingerprint density at radius 3 is 2.49 bits per heavy atom. The first-order chi connectivity index (χ1) is 21.7. The van der Waals surface area contributed by atoms with E-state index >= 15 is 0 Å². The lowest BCUT2D eigenvalue weighted by Crippen LogP contribution is -2.39. The van der Waals surface area contributed by atoms with Gasteiger partial charge in [-0.15, -0.1) is 0 Å². The number of imidazole rings is 1. The molecule has 11 heteroatoms. The first kappa shape index (κ1) is 31.4. The van der Waals surface area contributed by atoms with E-state index in [1.54, 1.807) is 27.2 Å². The number of methoxy groups -OCH3 is 3. The molecule has 2 atom stereocenters. The molecule has 236 valence electrons. The van der Waals surface area contributed by atoms with E-state index in [-0.39, 0.29) is 22.9 Å². The molecular weight excluding hydrogens is 574 g/mol. The van der Waals surface area contributed by atoms with E-state index < -0.39 is 12.1 Å². The minimum Gasteiger partial charge on any atom is -0.493 e. The van der Waals surface area contributed by atoms with Gasteiger partial charge in [-0.25, -0.2) is 4.98 Å². The number of nitrogens with one attached hydrogen (secondary N) is 3. The minimum absolute atomic E-state index is 0.208. The third kappa shape index (κ3) is 6.29. The van der Waals surface area contributed by atoms with E-state index in [0.29, 0.717) is 54.2 Å². The lowest BCUT2D eigenvalue weighted by Gasteiger charge is -2.19. The van der Waals surface area contributed by atoms with Gasteiger partial charge < -0.3 is 34.7 Å². The molecule has 5 rings (SSSR count). The normalized spacial score (nSPS) is 14.4. The summed E-state index contributed by atoms with van der Waals surface area (Å²) in [7, 11) is 6.62. The molecule has 2 amide bonds. The van der Waals surface area contributed by atoms with Crippen LogP contribution in [0.5, 0.6) is 17.2 Å². The molecule has 0 bridgehead atoms. The van der Waals surface area contributed by atoms with Crippen LogP contribution in [0.15, 0.2) is 53.3 Å². The molecule has 0 unspecified atom stereocenters. The number of aryl methyl sites for hydroxylation is 2. The van der Waals surface area contributed by atoms with E-state index in [2.05, 4.69) is 20.9 Å². The van der Waals surface area contributed by atoms with Crippen LogP contribution in [0, 0.1) is 0 Å². The van der Waals surface area contributed by atoms with Crippen molar-refractivity contribution in [1.29, 1.82) is 0 Å². The third-order valence-electron chi connectivity index (χ3n) is 8.21. The number of para-hydroxylation sites is 2. The molecule has 3 aromatic carbocycles. The van der Waals surface area contributed by atoms with E-state index in [1.807, 2.05) is 48.0 Å². The molecule has 0 saturated heterocycles. The number of benzene rings is 2. The zero-order valence-corrected chi connectivity index (χ0v) is 26.4. The summed E-state index contributed by atoms with van der Waals surface area (Å²) in [5, 5.41) is 9.04. The van der Waals surface area contributed by atoms with Gasteiger partial charge in [0.1, 0.15) is 11.9 Å². The Morgan fingerprint density at radius 1 is 1.04 bits per heavy atom. The summed E-state index contributed by atoms with van der Waals surface area (Å²) in [5.41, 5.74) is 4.93. The van der Waals surface area contributed by atoms with Crippen molar-refractivity contribution in [3.8, 4) is 28.4 Å². The van der Waals surface area contributed by atoms with Crippen molar-refractivity contribution in [3.63, 3.8) is 0 Å². The number of nitrogens with zero attached hydrogens (tertiary/aromatic N) is 2. The first-order valence-electron chi connectivity index (χ1n) is 14.9. The number of carbonyl (C=O) groups is 2. The van der Waals surface area contributed by atoms with Crippen molar-refractivity contribution in [2.45, 2.75) is 45.2 Å². The average Bonchev–Trinajstić information content (AvgIpc) is 3.16. The van der Waals surface area contributed by atoms with E-state index in [0.717, 1.165) is 28.0 Å². The number of hydrogen-bond acceptors (Lipinski definition) is 8. The zero-order chi connectivity index (χ0) is 32.2. The number of hydrogen-bond donors (Lipinski definition) is 3. The summed E-state index contributed by atoms with van der Waals surface area (Å²) in [6.45, 7) is 3.55. The smallest absolute Gasteiger partial charge is 0.242 e. The topological polar surface area (TPSA) is 133 Å². The monoisotopic (exact) mass is 613 g/mol. The van der Waals surface area contributed by atoms with Crippen LogP contribution in [-0.4, -0.2) is 55.3 Å². The van der Waals surface area contributed by atoms with Crippen LogP contribution in [0.1, 0.15) is 43.3 Å². The van der Waals surface area contributed by atoms with Crippen molar-refractivity contribution < 1.29 is 23.8 Å². The maximum atomic E-state index is 13.6. The predicted octanol–water partition coefficient (Wildman–Crippen LogP) is 3.91. The molecule has 4 aromatic rings. The van der Waals surface area contributed by atoms with Crippen LogP contribution in [-0.2, 0) is 29.5 Å². The van der Waals surface area contributed by atoms with Gasteiger partial charge in [-0.2, -0.15) is 0 Å². The van der Waals surface area contributed by atoms with Gasteiger partial charge >= 0.3 is 0 Å². The number of ether oxygens (including phenoxy) is 3. The predicted molar refractivity (Wildman–Crippen MR) is 173 cm³/mol. The number of rotatable bonds is 10. The molecule has 11 nitrogen and oxygen atoms in total. The maximum absolute atomic E-state index is 13.6. The molecule has 1 aliphatic carbocycles. The number of amides is 2. The first-order valence-corrected chi connectivity index (χ1v) is 14.9. The molecule has 1 aliphatic rings. The van der Waals surface area contributed by atoms with Crippen LogP contribution in [0.3, 0.4) is 0 Å². The summed E-state index contributed by atoms with van der Waals surface area (Å²) in [4.78, 5) is 43.5. The Morgan fingerprint density at radius 2 is 1.80 bits per heavy atom. The van der Waals surface area contributed by atoms with Gasteiger partial charge in [0.05, 0.1) is 44.1 Å². The van der Waals surface area contributed by atoms with E-state index in [4.69, 9.17) is 14.2 Å². The standard InChI is InChI=1S/C34H39N5O6/c1-19(34(42)35-16-15-30-38-25-9-7-8-10-27(25)39(30)3)36-26-14-12-22-23(18-28(26)41)24(37-20(2)40)13-11-21-17-29(43-4)32(44-5)33(45-6)31(21)22/h7-10,12,14,17-19,24H,11,13,15-16H2,1-6H3,(H,35,42)(H,36,41)(H,37,40)/t19-,24+/m1/s1. The van der Waals surface area contributed by atoms with Gasteiger partial charge in [-0.3, -0.25) is 14.4 Å². The van der Waals surface area contributed by atoms with Crippen LogP contribution >= 0.6 is 0 Å². The summed E-state index contributed by atoms with van der Waals surface area (Å²) in [6.07, 6.45) is 1.71. The molecule has 0 aliphatic heterocycles. The van der Waals surface area contributed by atoms with Gasteiger partial charge in [0.2, 0.25) is 23.0 Å². The molecule has 1 aromatic heterocycles. The Bertz CT molecular complexity index is 1820. The fourth-order valence-corrected chi connectivity index (χ4v) is 6.00. The van der Waals surface area contributed by atoms with Crippen molar-refractivity contribution in [2.75, 3.05) is 33.2 Å². The molecular formula is C34H39N5O6. The highest BCUT2D eigenvalue weighted by Gasteiger charge is 2.29. The number of fused-ring (bicyclic) bond motifs is 4. The number of aromatic nitrogens is 2. The van der Waals surface area contributed by atoms with Crippen LogP contribution in [0.2, 0.25) is 0 Å². The van der Waals surface area contributed by atoms with Gasteiger partial charge in [-0.1, -0.05) is 18.2 Å². The summed E-state index contributed by atoms with van der Waals surface area (Å²) in [6, 6.07) is 13.7. The molecule has 0 fully saturated rings. The van der Waals surface area contributed by atoms with Crippen molar-refractivity contribution >= 4 is 28.5 Å². The van der Waals surface area contributed by atoms with E-state index in [1.165, 1.54) is 20.1 Å². The fraction of sp³-hybridized carbons (Fsp3) is 0.353. The van der Waals surface area contributed by atoms with Crippen molar-refractivity contribution in [3.05, 3.63) is 75.7 Å². The average molecular weight is 614 g/mol. The van der Waals surface area contributed by atoms with Crippen LogP contribution < -0.4 is 35.6 Å². The Labute approximate surface area is 261 Å². The molecule has 0 saturated carbocycles. The maximum Gasteiger partial charge on any atom is 0.242 e. The molecule has 45 heavy (non-hydrogen) atoms. The minimum atomic E-state index is -0.697. The Balaban J connectivity index is 1.43. The van der Waals surface area contributed by atoms with E-state index in [9.17, 15) is 14.4 Å². The Kier molecular flexibility index (Phi) is 9.26. The van der Waals surface area contributed by atoms with Crippen molar-refractivity contribution in [1.82, 2.24) is 20.2 Å². The lowest BCUT2D eigenvalue weighted by atomic mass is 9.95. The second-order valence-electron chi connectivity index (χ2n) is 11.1. The SMILES string of the molecule is COc1cc2c(c(OC)c1OC)-c1ccc(N[C@H](C)C(=O)NCCc3nc4ccccc4n3C)c(=O)cc1[C@@H](NC(C)=O)CC2. The van der Waals surface area contributed by atoms with Crippen molar-refractivity contribution in [2.24, 2.45) is 7.05 Å². The van der Waals surface area contributed by atoms with Crippen LogP contribution in [0.4, 0.5) is 5.69 Å². The zero-order valence-electron chi connectivity index (χ0n) is 26.4. The lowest BCUT2D eigenvalue weighted by molar-refractivity contribution is -0.121. The quantitative estimate of drug-likeness (QED) is 0.245. The third-order valence-corrected chi connectivity index (χ3v) is 8.21. The highest BCUT2D eigenvalue weighted by molar-refractivity contribution is 5.86. The second-order valence-corrected chi connectivity index (χ2v) is 11.1. The molecule has 0 spiro atoms. The molecule has 0 radical (unpaired) electrons. The van der Waals surface area contributed by atoms with Gasteiger partial charge in [0, 0.05) is 32.5 Å². The number of carbonyl (C=O) groups excluding carboxylic acids is 2. The summed E-state index contributed by atoms with van der Waals surface area (Å²) >= 11 is 0.